The number of hydrogen-bond acceptors (Lipinski definition) is 5. The highest BCUT2D eigenvalue weighted by molar-refractivity contribution is 6.07. The first-order valence-corrected chi connectivity index (χ1v) is 8.42. The number of rotatable bonds is 5. The Hall–Kier alpha value is -3.81. The molecule has 3 heterocycles. The lowest BCUT2D eigenvalue weighted by molar-refractivity contribution is 0.0955. The van der Waals surface area contributed by atoms with Gasteiger partial charge in [-0.3, -0.25) is 14.8 Å². The lowest BCUT2D eigenvalue weighted by Crippen LogP contribution is -2.26. The molecular formula is C19H16N6O2. The fourth-order valence-corrected chi connectivity index (χ4v) is 2.85. The number of nitrogens with one attached hydrogen (secondary N) is 3. The van der Waals surface area contributed by atoms with Crippen molar-refractivity contribution in [3.63, 3.8) is 0 Å². The Labute approximate surface area is 153 Å². The molecule has 0 bridgehead atoms. The number of hydrogen-bond donors (Lipinski definition) is 3. The van der Waals surface area contributed by atoms with Crippen LogP contribution in [0.1, 0.15) is 16.2 Å². The van der Waals surface area contributed by atoms with Gasteiger partial charge in [0.1, 0.15) is 5.82 Å². The SMILES string of the molecule is O=C(NCCc1n[nH]c(=O)[nH]1)c1cc(-c2ccncc2)nc2ccccc12. The zero-order valence-electron chi connectivity index (χ0n) is 14.3. The number of carbonyl (C=O) groups is 1. The van der Waals surface area contributed by atoms with Crippen molar-refractivity contribution >= 4 is 16.8 Å². The summed E-state index contributed by atoms with van der Waals surface area (Å²) in [6, 6.07) is 13.0. The summed E-state index contributed by atoms with van der Waals surface area (Å²) in [7, 11) is 0. The van der Waals surface area contributed by atoms with Gasteiger partial charge in [0.05, 0.1) is 16.8 Å². The summed E-state index contributed by atoms with van der Waals surface area (Å²) >= 11 is 0. The molecule has 0 saturated carbocycles. The second kappa shape index (κ2) is 7.20. The maximum absolute atomic E-state index is 12.8. The molecule has 27 heavy (non-hydrogen) atoms. The molecule has 4 aromatic rings. The molecule has 0 aliphatic carbocycles. The Balaban J connectivity index is 1.63. The molecule has 4 rings (SSSR count). The van der Waals surface area contributed by atoms with Gasteiger partial charge in [0.25, 0.3) is 5.91 Å². The van der Waals surface area contributed by atoms with E-state index in [2.05, 4.69) is 30.5 Å². The molecule has 0 aliphatic heterocycles. The largest absolute Gasteiger partial charge is 0.352 e. The Morgan fingerprint density at radius 3 is 2.70 bits per heavy atom. The predicted octanol–water partition coefficient (Wildman–Crippen LogP) is 1.68. The number of benzene rings is 1. The van der Waals surface area contributed by atoms with Gasteiger partial charge in [0.2, 0.25) is 0 Å². The third kappa shape index (κ3) is 3.59. The maximum atomic E-state index is 12.8. The summed E-state index contributed by atoms with van der Waals surface area (Å²) in [4.78, 5) is 35.1. The molecule has 1 amide bonds. The van der Waals surface area contributed by atoms with E-state index in [1.807, 2.05) is 36.4 Å². The van der Waals surface area contributed by atoms with E-state index in [1.165, 1.54) is 0 Å². The molecule has 0 spiro atoms. The highest BCUT2D eigenvalue weighted by Crippen LogP contribution is 2.24. The summed E-state index contributed by atoms with van der Waals surface area (Å²) in [6.45, 7) is 0.348. The quantitative estimate of drug-likeness (QED) is 0.501. The van der Waals surface area contributed by atoms with Crippen LogP contribution in [-0.2, 0) is 6.42 Å². The number of nitrogens with zero attached hydrogens (tertiary/aromatic N) is 3. The first kappa shape index (κ1) is 16.6. The third-order valence-corrected chi connectivity index (χ3v) is 4.13. The minimum Gasteiger partial charge on any atom is -0.352 e. The summed E-state index contributed by atoms with van der Waals surface area (Å²) in [6.07, 6.45) is 3.80. The lowest BCUT2D eigenvalue weighted by Gasteiger charge is -2.10. The van der Waals surface area contributed by atoms with Gasteiger partial charge in [-0.1, -0.05) is 18.2 Å². The zero-order chi connectivity index (χ0) is 18.6. The van der Waals surface area contributed by atoms with Crippen LogP contribution in [-0.4, -0.2) is 37.6 Å². The molecule has 134 valence electrons. The second-order valence-corrected chi connectivity index (χ2v) is 5.94. The van der Waals surface area contributed by atoms with Crippen molar-refractivity contribution in [3.8, 4) is 11.3 Å². The third-order valence-electron chi connectivity index (χ3n) is 4.13. The number of fused-ring (bicyclic) bond motifs is 1. The molecular weight excluding hydrogens is 344 g/mol. The van der Waals surface area contributed by atoms with Crippen LogP contribution >= 0.6 is 0 Å². The normalized spacial score (nSPS) is 10.8. The summed E-state index contributed by atoms with van der Waals surface area (Å²) in [5, 5.41) is 9.78. The van der Waals surface area contributed by atoms with E-state index in [0.717, 1.165) is 16.5 Å². The molecule has 0 aliphatic rings. The standard InChI is InChI=1S/C19H16N6O2/c26-18(21-10-7-17-23-19(27)25-24-17)14-11-16(12-5-8-20-9-6-12)22-15-4-2-1-3-13(14)15/h1-6,8-9,11H,7,10H2,(H,21,26)(H2,23,24,25,27). The highest BCUT2D eigenvalue weighted by atomic mass is 16.2. The lowest BCUT2D eigenvalue weighted by atomic mass is 10.0. The van der Waals surface area contributed by atoms with Crippen LogP contribution in [0.15, 0.2) is 59.7 Å². The van der Waals surface area contributed by atoms with Crippen LogP contribution in [0.2, 0.25) is 0 Å². The van der Waals surface area contributed by atoms with Gasteiger partial charge in [-0.25, -0.2) is 14.9 Å². The van der Waals surface area contributed by atoms with Gasteiger partial charge in [-0.05, 0) is 24.3 Å². The van der Waals surface area contributed by atoms with Crippen molar-refractivity contribution in [2.45, 2.75) is 6.42 Å². The zero-order valence-corrected chi connectivity index (χ0v) is 14.3. The van der Waals surface area contributed by atoms with Crippen molar-refractivity contribution in [2.24, 2.45) is 0 Å². The van der Waals surface area contributed by atoms with Crippen LogP contribution in [0, 0.1) is 0 Å². The predicted molar refractivity (Wildman–Crippen MR) is 100 cm³/mol. The topological polar surface area (TPSA) is 116 Å². The number of para-hydroxylation sites is 1. The fraction of sp³-hybridized carbons (Fsp3) is 0.105. The van der Waals surface area contributed by atoms with Gasteiger partial charge in [0.15, 0.2) is 0 Å². The Kier molecular flexibility index (Phi) is 4.44. The molecule has 3 aromatic heterocycles. The Morgan fingerprint density at radius 2 is 1.93 bits per heavy atom. The molecule has 0 saturated heterocycles. The van der Waals surface area contributed by atoms with Crippen molar-refractivity contribution in [2.75, 3.05) is 6.54 Å². The van der Waals surface area contributed by atoms with E-state index in [9.17, 15) is 9.59 Å². The number of amides is 1. The average molecular weight is 360 g/mol. The van der Waals surface area contributed by atoms with Crippen molar-refractivity contribution < 1.29 is 4.79 Å². The summed E-state index contributed by atoms with van der Waals surface area (Å²) < 4.78 is 0. The van der Waals surface area contributed by atoms with Crippen LogP contribution in [0.5, 0.6) is 0 Å². The first-order chi connectivity index (χ1) is 13.2. The monoisotopic (exact) mass is 360 g/mol. The van der Waals surface area contributed by atoms with E-state index in [0.29, 0.717) is 30.0 Å². The van der Waals surface area contributed by atoms with Gasteiger partial charge in [0, 0.05) is 36.3 Å². The molecule has 3 N–H and O–H groups in total. The van der Waals surface area contributed by atoms with Crippen LogP contribution in [0.25, 0.3) is 22.2 Å². The van der Waals surface area contributed by atoms with E-state index < -0.39 is 0 Å². The number of pyridine rings is 2. The average Bonchev–Trinajstić information content (AvgIpc) is 3.12. The molecule has 8 nitrogen and oxygen atoms in total. The van der Waals surface area contributed by atoms with E-state index in [1.54, 1.807) is 18.5 Å². The van der Waals surface area contributed by atoms with E-state index in [4.69, 9.17) is 0 Å². The number of aromatic amines is 2. The van der Waals surface area contributed by atoms with Gasteiger partial charge in [-0.15, -0.1) is 0 Å². The van der Waals surface area contributed by atoms with Crippen molar-refractivity contribution in [1.29, 1.82) is 0 Å². The van der Waals surface area contributed by atoms with E-state index in [-0.39, 0.29) is 11.6 Å². The molecule has 0 fully saturated rings. The minimum absolute atomic E-state index is 0.207. The Morgan fingerprint density at radius 1 is 1.11 bits per heavy atom. The molecule has 8 heteroatoms. The molecule has 0 atom stereocenters. The number of aromatic nitrogens is 5. The minimum atomic E-state index is -0.363. The molecule has 0 radical (unpaired) electrons. The first-order valence-electron chi connectivity index (χ1n) is 8.42. The second-order valence-electron chi connectivity index (χ2n) is 5.94. The van der Waals surface area contributed by atoms with Gasteiger partial charge >= 0.3 is 5.69 Å². The summed E-state index contributed by atoms with van der Waals surface area (Å²) in [5.74, 6) is 0.291. The van der Waals surface area contributed by atoms with Crippen LogP contribution < -0.4 is 11.0 Å². The molecule has 0 unspecified atom stereocenters. The number of carbonyl (C=O) groups excluding carboxylic acids is 1. The molecule has 1 aromatic carbocycles. The van der Waals surface area contributed by atoms with Crippen LogP contribution in [0.3, 0.4) is 0 Å². The number of H-pyrrole nitrogens is 2. The van der Waals surface area contributed by atoms with Gasteiger partial charge < -0.3 is 5.32 Å². The fourth-order valence-electron chi connectivity index (χ4n) is 2.85. The van der Waals surface area contributed by atoms with Gasteiger partial charge in [-0.2, -0.15) is 5.10 Å². The van der Waals surface area contributed by atoms with E-state index >= 15 is 0 Å². The summed E-state index contributed by atoms with van der Waals surface area (Å²) in [5.41, 5.74) is 2.52. The maximum Gasteiger partial charge on any atom is 0.340 e. The van der Waals surface area contributed by atoms with Crippen molar-refractivity contribution in [3.05, 3.63) is 76.7 Å². The van der Waals surface area contributed by atoms with Crippen molar-refractivity contribution in [1.82, 2.24) is 30.5 Å². The van der Waals surface area contributed by atoms with Crippen LogP contribution in [0.4, 0.5) is 0 Å². The smallest absolute Gasteiger partial charge is 0.340 e. The highest BCUT2D eigenvalue weighted by Gasteiger charge is 2.14. The Bertz CT molecular complexity index is 1150.